The van der Waals surface area contributed by atoms with E-state index in [9.17, 15) is 14.7 Å². The molecular weight excluding hydrogens is 482 g/mol. The van der Waals surface area contributed by atoms with Crippen LogP contribution in [0.15, 0.2) is 18.2 Å². The van der Waals surface area contributed by atoms with Crippen molar-refractivity contribution in [2.45, 2.75) is 92.7 Å². The number of aliphatic hydroxyl groups excluding tert-OH is 1. The van der Waals surface area contributed by atoms with Crippen molar-refractivity contribution in [3.05, 3.63) is 23.8 Å². The third-order valence-corrected chi connectivity index (χ3v) is 7.50. The van der Waals surface area contributed by atoms with Crippen molar-refractivity contribution < 1.29 is 24.2 Å². The fourth-order valence-corrected chi connectivity index (χ4v) is 4.33. The van der Waals surface area contributed by atoms with Crippen LogP contribution < -0.4 is 26.3 Å². The van der Waals surface area contributed by atoms with Crippen LogP contribution in [0.3, 0.4) is 0 Å². The number of carbonyl (C=O) groups excluding carboxylic acids is 2. The molecule has 0 unspecified atom stereocenters. The van der Waals surface area contributed by atoms with Gasteiger partial charge >= 0.3 is 0 Å². The zero-order chi connectivity index (χ0) is 29.0. The number of benzene rings is 1. The Balaban J connectivity index is 2.87. The quantitative estimate of drug-likeness (QED) is 0.209. The van der Waals surface area contributed by atoms with Crippen LogP contribution in [0.1, 0.15) is 79.7 Å². The summed E-state index contributed by atoms with van der Waals surface area (Å²) in [5.41, 5.74) is 12.2. The number of hydrogen-bond acceptors (Lipinski definition) is 6. The highest BCUT2D eigenvalue weighted by Crippen LogP contribution is 2.32. The van der Waals surface area contributed by atoms with Crippen molar-refractivity contribution in [2.24, 2.45) is 40.6 Å². The molecule has 0 aromatic heterocycles. The van der Waals surface area contributed by atoms with E-state index in [-0.39, 0.29) is 30.7 Å². The first kappa shape index (κ1) is 33.7. The Kier molecular flexibility index (Phi) is 14.1. The van der Waals surface area contributed by atoms with E-state index in [1.807, 2.05) is 26.0 Å². The molecule has 0 saturated heterocycles. The normalized spacial score (nSPS) is 15.2. The summed E-state index contributed by atoms with van der Waals surface area (Å²) < 4.78 is 11.4. The van der Waals surface area contributed by atoms with E-state index in [0.717, 1.165) is 36.3 Å². The van der Waals surface area contributed by atoms with Crippen LogP contribution in [0.25, 0.3) is 0 Å². The van der Waals surface area contributed by atoms with Crippen molar-refractivity contribution in [3.8, 4) is 11.5 Å². The van der Waals surface area contributed by atoms with E-state index >= 15 is 0 Å². The summed E-state index contributed by atoms with van der Waals surface area (Å²) in [6.45, 7) is 14.5. The molecule has 0 fully saturated rings. The molecule has 0 spiro atoms. The number of hydrogen-bond donors (Lipinski definition) is 4. The first-order valence-electron chi connectivity index (χ1n) is 14.0. The van der Waals surface area contributed by atoms with Gasteiger partial charge in [-0.05, 0) is 75.0 Å². The lowest BCUT2D eigenvalue weighted by atomic mass is 9.80. The van der Waals surface area contributed by atoms with Crippen molar-refractivity contribution in [2.75, 3.05) is 20.3 Å². The Labute approximate surface area is 230 Å². The summed E-state index contributed by atoms with van der Waals surface area (Å²) in [6, 6.07) is 5.56. The molecule has 0 saturated carbocycles. The molecule has 1 rings (SSSR count). The lowest BCUT2D eigenvalue weighted by Gasteiger charge is -2.30. The molecule has 8 nitrogen and oxygen atoms in total. The fraction of sp³-hybridized carbons (Fsp3) is 0.733. The van der Waals surface area contributed by atoms with Gasteiger partial charge in [0.05, 0.1) is 25.2 Å². The minimum Gasteiger partial charge on any atom is -0.493 e. The van der Waals surface area contributed by atoms with Gasteiger partial charge in [-0.15, -0.1) is 0 Å². The smallest absolute Gasteiger partial charge is 0.224 e. The third kappa shape index (κ3) is 10.8. The predicted octanol–water partition coefficient (Wildman–Crippen LogP) is 4.06. The predicted molar refractivity (Wildman–Crippen MR) is 153 cm³/mol. The van der Waals surface area contributed by atoms with Crippen LogP contribution in [-0.2, 0) is 16.0 Å². The number of aliphatic hydroxyl groups is 1. The highest BCUT2D eigenvalue weighted by molar-refractivity contribution is 5.83. The van der Waals surface area contributed by atoms with Gasteiger partial charge in [0.1, 0.15) is 0 Å². The van der Waals surface area contributed by atoms with Crippen molar-refractivity contribution in [1.82, 2.24) is 5.32 Å². The number of carbonyl (C=O) groups is 2. The van der Waals surface area contributed by atoms with Gasteiger partial charge in [-0.2, -0.15) is 0 Å². The standard InChI is InChI=1S/C30H53N3O5/c1-9-10-13-38-27-15-21(11-12-26(27)37-8)14-22(19(2)3)16-24(31)25(34)17-23(20(4)5)28(35)33-18-30(6,7)29(32)36/h11-12,15,19-20,22-25,34H,9-10,13-14,16-18,31H2,1-8H3,(H2,32,36)(H,33,35)/t22-,23-,24-,25-/m0/s1. The van der Waals surface area contributed by atoms with Gasteiger partial charge in [0.2, 0.25) is 11.8 Å². The number of rotatable bonds is 18. The summed E-state index contributed by atoms with van der Waals surface area (Å²) in [6.07, 6.45) is 2.88. The molecule has 0 bridgehead atoms. The number of methoxy groups -OCH3 is 1. The number of primary amides is 1. The molecule has 2 amide bonds. The second-order valence-electron chi connectivity index (χ2n) is 11.9. The summed E-state index contributed by atoms with van der Waals surface area (Å²) in [7, 11) is 1.64. The van der Waals surface area contributed by atoms with E-state index in [1.165, 1.54) is 0 Å². The number of ether oxygens (including phenoxy) is 2. The summed E-state index contributed by atoms with van der Waals surface area (Å²) >= 11 is 0. The number of nitrogens with one attached hydrogen (secondary N) is 1. The summed E-state index contributed by atoms with van der Waals surface area (Å²) in [4.78, 5) is 24.5. The molecule has 6 N–H and O–H groups in total. The van der Waals surface area contributed by atoms with Gasteiger partial charge in [-0.25, -0.2) is 0 Å². The molecule has 1 aromatic carbocycles. The van der Waals surface area contributed by atoms with Crippen molar-refractivity contribution >= 4 is 11.8 Å². The van der Waals surface area contributed by atoms with E-state index in [2.05, 4.69) is 32.2 Å². The maximum Gasteiger partial charge on any atom is 0.224 e. The van der Waals surface area contributed by atoms with Gasteiger partial charge in [0.25, 0.3) is 0 Å². The van der Waals surface area contributed by atoms with Crippen LogP contribution in [0, 0.1) is 29.1 Å². The molecule has 8 heteroatoms. The summed E-state index contributed by atoms with van der Waals surface area (Å²) in [5.74, 6) is 0.943. The Morgan fingerprint density at radius 1 is 1.08 bits per heavy atom. The van der Waals surface area contributed by atoms with Crippen LogP contribution >= 0.6 is 0 Å². The maximum atomic E-state index is 12.9. The zero-order valence-corrected chi connectivity index (χ0v) is 24.9. The highest BCUT2D eigenvalue weighted by atomic mass is 16.5. The number of unbranched alkanes of at least 4 members (excludes halogenated alkanes) is 1. The summed E-state index contributed by atoms with van der Waals surface area (Å²) in [5, 5.41) is 13.9. The third-order valence-electron chi connectivity index (χ3n) is 7.50. The Morgan fingerprint density at radius 2 is 1.74 bits per heavy atom. The largest absolute Gasteiger partial charge is 0.493 e. The Bertz CT molecular complexity index is 871. The average molecular weight is 536 g/mol. The molecule has 0 aliphatic heterocycles. The lowest BCUT2D eigenvalue weighted by Crippen LogP contribution is -2.46. The topological polar surface area (TPSA) is 137 Å². The minimum absolute atomic E-state index is 0.000126. The molecule has 0 aliphatic rings. The molecule has 0 heterocycles. The van der Waals surface area contributed by atoms with E-state index in [0.29, 0.717) is 18.9 Å². The van der Waals surface area contributed by atoms with Gasteiger partial charge in [-0.3, -0.25) is 9.59 Å². The van der Waals surface area contributed by atoms with E-state index < -0.39 is 29.4 Å². The molecule has 218 valence electrons. The molecule has 38 heavy (non-hydrogen) atoms. The lowest BCUT2D eigenvalue weighted by molar-refractivity contribution is -0.130. The SMILES string of the molecule is CCCCOc1cc(C[C@@H](C[C@H](N)[C@@H](O)C[C@H](C(=O)NCC(C)(C)C(N)=O)C(C)C)C(C)C)ccc1OC. The Morgan fingerprint density at radius 3 is 2.26 bits per heavy atom. The highest BCUT2D eigenvalue weighted by Gasteiger charge is 2.32. The number of nitrogens with two attached hydrogens (primary N) is 2. The van der Waals surface area contributed by atoms with E-state index in [1.54, 1.807) is 21.0 Å². The maximum absolute atomic E-state index is 12.9. The van der Waals surface area contributed by atoms with Crippen LogP contribution in [-0.4, -0.2) is 49.3 Å². The average Bonchev–Trinajstić information content (AvgIpc) is 2.85. The van der Waals surface area contributed by atoms with Crippen LogP contribution in [0.4, 0.5) is 0 Å². The molecular formula is C30H53N3O5. The van der Waals surface area contributed by atoms with Gasteiger partial charge in [0.15, 0.2) is 11.5 Å². The molecule has 1 aromatic rings. The second kappa shape index (κ2) is 15.9. The molecule has 0 aliphatic carbocycles. The van der Waals surface area contributed by atoms with Crippen LogP contribution in [0.2, 0.25) is 0 Å². The first-order chi connectivity index (χ1) is 17.7. The van der Waals surface area contributed by atoms with Crippen molar-refractivity contribution in [3.63, 3.8) is 0 Å². The monoisotopic (exact) mass is 535 g/mol. The van der Waals surface area contributed by atoms with E-state index in [4.69, 9.17) is 20.9 Å². The zero-order valence-electron chi connectivity index (χ0n) is 24.9. The molecule has 4 atom stereocenters. The van der Waals surface area contributed by atoms with Crippen molar-refractivity contribution in [1.29, 1.82) is 0 Å². The van der Waals surface area contributed by atoms with Crippen LogP contribution in [0.5, 0.6) is 11.5 Å². The fourth-order valence-electron chi connectivity index (χ4n) is 4.33. The number of amides is 2. The first-order valence-corrected chi connectivity index (χ1v) is 14.0. The minimum atomic E-state index is -0.848. The van der Waals surface area contributed by atoms with Gasteiger partial charge in [-0.1, -0.05) is 47.1 Å². The molecule has 0 radical (unpaired) electrons. The Hall–Kier alpha value is -2.32. The van der Waals surface area contributed by atoms with Gasteiger partial charge in [0, 0.05) is 18.5 Å². The van der Waals surface area contributed by atoms with Gasteiger partial charge < -0.3 is 31.4 Å². The second-order valence-corrected chi connectivity index (χ2v) is 11.9.